The van der Waals surface area contributed by atoms with Gasteiger partial charge < -0.3 is 10.6 Å². The van der Waals surface area contributed by atoms with Crippen LogP contribution in [-0.4, -0.2) is 18.4 Å². The van der Waals surface area contributed by atoms with Crippen molar-refractivity contribution in [2.45, 2.75) is 27.2 Å². The predicted octanol–water partition coefficient (Wildman–Crippen LogP) is 2.78. The van der Waals surface area contributed by atoms with Gasteiger partial charge in [0, 0.05) is 27.6 Å². The number of amides is 2. The molecule has 0 aromatic heterocycles. The van der Waals surface area contributed by atoms with Gasteiger partial charge in [-0.15, -0.1) is 0 Å². The monoisotopic (exact) mass is 374 g/mol. The molecule has 1 aromatic carbocycles. The molecule has 0 radical (unpaired) electrons. The largest absolute Gasteiger partial charge is 0.355 e. The Labute approximate surface area is 127 Å². The zero-order chi connectivity index (χ0) is 14.5. The number of anilines is 1. The van der Waals surface area contributed by atoms with Gasteiger partial charge in [-0.3, -0.25) is 9.59 Å². The fraction of sp³-hybridized carbons (Fsp3) is 0.429. The van der Waals surface area contributed by atoms with Crippen LogP contribution in [0.25, 0.3) is 0 Å². The van der Waals surface area contributed by atoms with Gasteiger partial charge in [-0.2, -0.15) is 0 Å². The van der Waals surface area contributed by atoms with Gasteiger partial charge in [0.05, 0.1) is 0 Å². The second kappa shape index (κ2) is 6.88. The molecule has 0 saturated heterocycles. The molecule has 0 saturated carbocycles. The number of hydrogen-bond acceptors (Lipinski definition) is 2. The first-order valence-electron chi connectivity index (χ1n) is 6.13. The quantitative estimate of drug-likeness (QED) is 0.797. The van der Waals surface area contributed by atoms with Crippen LogP contribution in [0.3, 0.4) is 0 Å². The maximum absolute atomic E-state index is 11.7. The van der Waals surface area contributed by atoms with Gasteiger partial charge in [-0.25, -0.2) is 0 Å². The van der Waals surface area contributed by atoms with Crippen molar-refractivity contribution >= 4 is 40.1 Å². The maximum atomic E-state index is 11.7. The van der Waals surface area contributed by atoms with E-state index in [9.17, 15) is 9.59 Å². The van der Waals surface area contributed by atoms with Gasteiger partial charge in [0.15, 0.2) is 0 Å². The summed E-state index contributed by atoms with van der Waals surface area (Å²) in [5.41, 5.74) is 0.347. The SMILES string of the molecule is CC(C)(C)C(=O)NCCC(=O)Nc1ccc(I)cc1. The second-order valence-corrected chi connectivity index (χ2v) is 6.56. The minimum atomic E-state index is -0.424. The van der Waals surface area contributed by atoms with Crippen LogP contribution >= 0.6 is 22.6 Å². The van der Waals surface area contributed by atoms with Crippen LogP contribution < -0.4 is 10.6 Å². The number of carbonyl (C=O) groups excluding carboxylic acids is 2. The van der Waals surface area contributed by atoms with Crippen molar-refractivity contribution < 1.29 is 9.59 Å². The van der Waals surface area contributed by atoms with Crippen LogP contribution in [0, 0.1) is 8.99 Å². The Morgan fingerprint density at radius 1 is 1.16 bits per heavy atom. The lowest BCUT2D eigenvalue weighted by molar-refractivity contribution is -0.128. The lowest BCUT2D eigenvalue weighted by atomic mass is 9.96. The third-order valence-corrected chi connectivity index (χ3v) is 3.17. The van der Waals surface area contributed by atoms with Gasteiger partial charge in [-0.1, -0.05) is 20.8 Å². The summed E-state index contributed by atoms with van der Waals surface area (Å²) in [6, 6.07) is 7.57. The minimum Gasteiger partial charge on any atom is -0.355 e. The number of halogens is 1. The molecule has 0 unspecified atom stereocenters. The fourth-order valence-electron chi connectivity index (χ4n) is 1.31. The molecule has 4 nitrogen and oxygen atoms in total. The first kappa shape index (κ1) is 15.9. The number of benzene rings is 1. The van der Waals surface area contributed by atoms with E-state index in [1.807, 2.05) is 45.0 Å². The van der Waals surface area contributed by atoms with Crippen molar-refractivity contribution in [3.05, 3.63) is 27.8 Å². The minimum absolute atomic E-state index is 0.0467. The van der Waals surface area contributed by atoms with Crippen molar-refractivity contribution in [3.63, 3.8) is 0 Å². The van der Waals surface area contributed by atoms with E-state index >= 15 is 0 Å². The molecule has 0 spiro atoms. The molecule has 0 bridgehead atoms. The van der Waals surface area contributed by atoms with Gasteiger partial charge in [0.2, 0.25) is 11.8 Å². The lowest BCUT2D eigenvalue weighted by Gasteiger charge is -2.17. The lowest BCUT2D eigenvalue weighted by Crippen LogP contribution is -2.36. The number of rotatable bonds is 4. The molecular formula is C14H19IN2O2. The molecule has 2 amide bonds. The Hall–Kier alpha value is -1.11. The second-order valence-electron chi connectivity index (χ2n) is 5.31. The van der Waals surface area contributed by atoms with E-state index in [1.54, 1.807) is 0 Å². The van der Waals surface area contributed by atoms with Crippen LogP contribution in [0.5, 0.6) is 0 Å². The van der Waals surface area contributed by atoms with E-state index in [2.05, 4.69) is 33.2 Å². The summed E-state index contributed by atoms with van der Waals surface area (Å²) < 4.78 is 1.12. The highest BCUT2D eigenvalue weighted by Crippen LogP contribution is 2.13. The molecule has 0 heterocycles. The predicted molar refractivity (Wildman–Crippen MR) is 84.9 cm³/mol. The van der Waals surface area contributed by atoms with E-state index < -0.39 is 5.41 Å². The fourth-order valence-corrected chi connectivity index (χ4v) is 1.67. The van der Waals surface area contributed by atoms with Crippen LogP contribution in [0.4, 0.5) is 5.69 Å². The van der Waals surface area contributed by atoms with Crippen LogP contribution in [-0.2, 0) is 9.59 Å². The number of nitrogens with one attached hydrogen (secondary N) is 2. The first-order chi connectivity index (χ1) is 8.79. The molecule has 0 aliphatic rings. The number of hydrogen-bond donors (Lipinski definition) is 2. The normalized spacial score (nSPS) is 10.9. The van der Waals surface area contributed by atoms with Crippen molar-refractivity contribution in [1.82, 2.24) is 5.32 Å². The van der Waals surface area contributed by atoms with Gasteiger partial charge in [0.1, 0.15) is 0 Å². The standard InChI is InChI=1S/C14H19IN2O2/c1-14(2,3)13(19)16-9-8-12(18)17-11-6-4-10(15)5-7-11/h4-7H,8-9H2,1-3H3,(H,16,19)(H,17,18). The van der Waals surface area contributed by atoms with Crippen LogP contribution in [0.2, 0.25) is 0 Å². The third-order valence-electron chi connectivity index (χ3n) is 2.45. The Kier molecular flexibility index (Phi) is 5.78. The van der Waals surface area contributed by atoms with Gasteiger partial charge in [0.25, 0.3) is 0 Å². The van der Waals surface area contributed by atoms with Crippen molar-refractivity contribution in [2.24, 2.45) is 5.41 Å². The van der Waals surface area contributed by atoms with Crippen molar-refractivity contribution in [1.29, 1.82) is 0 Å². The van der Waals surface area contributed by atoms with Crippen LogP contribution in [0.1, 0.15) is 27.2 Å². The molecule has 1 rings (SSSR count). The molecule has 19 heavy (non-hydrogen) atoms. The summed E-state index contributed by atoms with van der Waals surface area (Å²) in [4.78, 5) is 23.3. The van der Waals surface area contributed by atoms with Crippen molar-refractivity contribution in [2.75, 3.05) is 11.9 Å². The summed E-state index contributed by atoms with van der Waals surface area (Å²) in [6.45, 7) is 5.88. The Morgan fingerprint density at radius 2 is 1.74 bits per heavy atom. The average Bonchev–Trinajstić information content (AvgIpc) is 2.31. The summed E-state index contributed by atoms with van der Waals surface area (Å²) in [5, 5.41) is 5.54. The Balaban J connectivity index is 2.33. The topological polar surface area (TPSA) is 58.2 Å². The molecule has 0 fully saturated rings. The zero-order valence-corrected chi connectivity index (χ0v) is 13.6. The molecule has 2 N–H and O–H groups in total. The molecule has 0 atom stereocenters. The highest BCUT2D eigenvalue weighted by atomic mass is 127. The highest BCUT2D eigenvalue weighted by Gasteiger charge is 2.20. The van der Waals surface area contributed by atoms with E-state index in [1.165, 1.54) is 0 Å². The number of carbonyl (C=O) groups is 2. The molecule has 1 aromatic rings. The zero-order valence-electron chi connectivity index (χ0n) is 11.4. The van der Waals surface area contributed by atoms with E-state index in [0.29, 0.717) is 6.54 Å². The van der Waals surface area contributed by atoms with Gasteiger partial charge in [-0.05, 0) is 46.9 Å². The Morgan fingerprint density at radius 3 is 2.26 bits per heavy atom. The van der Waals surface area contributed by atoms with E-state index in [-0.39, 0.29) is 18.2 Å². The Bertz CT molecular complexity index is 450. The average molecular weight is 374 g/mol. The first-order valence-corrected chi connectivity index (χ1v) is 7.20. The molecular weight excluding hydrogens is 355 g/mol. The van der Waals surface area contributed by atoms with E-state index in [4.69, 9.17) is 0 Å². The molecule has 0 aliphatic carbocycles. The smallest absolute Gasteiger partial charge is 0.226 e. The summed E-state index contributed by atoms with van der Waals surface area (Å²) >= 11 is 2.21. The summed E-state index contributed by atoms with van der Waals surface area (Å²) in [7, 11) is 0. The van der Waals surface area contributed by atoms with Gasteiger partial charge >= 0.3 is 0 Å². The van der Waals surface area contributed by atoms with E-state index in [0.717, 1.165) is 9.26 Å². The third kappa shape index (κ3) is 6.04. The van der Waals surface area contributed by atoms with Crippen LogP contribution in [0.15, 0.2) is 24.3 Å². The van der Waals surface area contributed by atoms with Crippen molar-refractivity contribution in [3.8, 4) is 0 Å². The molecule has 0 aliphatic heterocycles. The summed E-state index contributed by atoms with van der Waals surface area (Å²) in [6.07, 6.45) is 0.272. The molecule has 5 heteroatoms. The maximum Gasteiger partial charge on any atom is 0.226 e. The summed E-state index contributed by atoms with van der Waals surface area (Å²) in [5.74, 6) is -0.148. The molecule has 104 valence electrons. The highest BCUT2D eigenvalue weighted by molar-refractivity contribution is 14.1.